The van der Waals surface area contributed by atoms with Gasteiger partial charge in [0, 0.05) is 24.4 Å². The second-order valence-corrected chi connectivity index (χ2v) is 9.13. The smallest absolute Gasteiger partial charge is 0.306 e. The predicted octanol–water partition coefficient (Wildman–Crippen LogP) is 4.74. The van der Waals surface area contributed by atoms with E-state index in [1.54, 1.807) is 12.1 Å². The third-order valence-corrected chi connectivity index (χ3v) is 6.01. The van der Waals surface area contributed by atoms with Crippen LogP contribution in [0.15, 0.2) is 66.7 Å². The number of allylic oxidation sites excluding steroid dienone is 2. The fourth-order valence-corrected chi connectivity index (χ4v) is 3.90. The zero-order valence-corrected chi connectivity index (χ0v) is 20.1. The van der Waals surface area contributed by atoms with Gasteiger partial charge in [-0.2, -0.15) is 0 Å². The number of benzene rings is 2. The van der Waals surface area contributed by atoms with Gasteiger partial charge in [0.05, 0.1) is 12.5 Å². The number of amides is 2. The van der Waals surface area contributed by atoms with E-state index in [1.807, 2.05) is 61.5 Å². The summed E-state index contributed by atoms with van der Waals surface area (Å²) in [7, 11) is 0. The molecule has 3 rings (SSSR count). The van der Waals surface area contributed by atoms with Gasteiger partial charge in [-0.05, 0) is 42.0 Å². The number of hydrogen-bond donors (Lipinski definition) is 2. The van der Waals surface area contributed by atoms with Crippen LogP contribution in [0.1, 0.15) is 49.8 Å². The molecule has 0 radical (unpaired) electrons. The first-order valence-corrected chi connectivity index (χ1v) is 12.0. The molecule has 34 heavy (non-hydrogen) atoms. The average Bonchev–Trinajstić information content (AvgIpc) is 2.84. The molecule has 0 bridgehead atoms. The first kappa shape index (κ1) is 25.5. The quantitative estimate of drug-likeness (QED) is 0.476. The molecule has 0 aliphatic carbocycles. The summed E-state index contributed by atoms with van der Waals surface area (Å²) in [4.78, 5) is 38.1. The van der Waals surface area contributed by atoms with Crippen LogP contribution in [-0.2, 0) is 25.7 Å². The minimum atomic E-state index is -0.585. The number of ether oxygens (including phenoxy) is 1. The average molecular weight is 483 g/mol. The normalized spacial score (nSPS) is 22.8. The highest BCUT2D eigenvalue weighted by Gasteiger charge is 2.24. The van der Waals surface area contributed by atoms with E-state index in [9.17, 15) is 14.4 Å². The maximum Gasteiger partial charge on any atom is 0.306 e. The predicted molar refractivity (Wildman–Crippen MR) is 132 cm³/mol. The van der Waals surface area contributed by atoms with Gasteiger partial charge in [0.2, 0.25) is 11.8 Å². The van der Waals surface area contributed by atoms with Crippen LogP contribution in [0.3, 0.4) is 0 Å². The third-order valence-electron chi connectivity index (χ3n) is 5.75. The van der Waals surface area contributed by atoms with Crippen molar-refractivity contribution in [3.05, 3.63) is 82.9 Å². The van der Waals surface area contributed by atoms with E-state index in [0.717, 1.165) is 11.1 Å². The van der Waals surface area contributed by atoms with Crippen LogP contribution >= 0.6 is 11.6 Å². The molecule has 2 N–H and O–H groups in total. The zero-order chi connectivity index (χ0) is 24.3. The van der Waals surface area contributed by atoms with Gasteiger partial charge in [-0.15, -0.1) is 0 Å². The van der Waals surface area contributed by atoms with Crippen LogP contribution in [0, 0.1) is 11.8 Å². The summed E-state index contributed by atoms with van der Waals surface area (Å²) in [5.74, 6) is -1.14. The Morgan fingerprint density at radius 1 is 1.06 bits per heavy atom. The minimum Gasteiger partial charge on any atom is -0.456 e. The number of carbonyl (C=O) groups excluding carboxylic acids is 3. The van der Waals surface area contributed by atoms with E-state index in [4.69, 9.17) is 16.3 Å². The SMILES string of the molecule is CC1C/C=C/C[C@@H](CC(=O)NCc2ccc(Cl)cc2)C(=O)NC[C@H](c2ccccc2)OC(=O)C1. The summed E-state index contributed by atoms with van der Waals surface area (Å²) in [6.07, 6.45) is 4.81. The third kappa shape index (κ3) is 8.34. The molecule has 0 aromatic heterocycles. The van der Waals surface area contributed by atoms with Crippen LogP contribution in [0.25, 0.3) is 0 Å². The number of esters is 1. The fraction of sp³-hybridized carbons (Fsp3) is 0.370. The molecule has 1 unspecified atom stereocenters. The second kappa shape index (κ2) is 12.9. The molecular formula is C27H31ClN2O4. The summed E-state index contributed by atoms with van der Waals surface area (Å²) in [6, 6.07) is 16.6. The topological polar surface area (TPSA) is 84.5 Å². The molecule has 1 heterocycles. The van der Waals surface area contributed by atoms with E-state index >= 15 is 0 Å². The van der Waals surface area contributed by atoms with Crippen LogP contribution < -0.4 is 10.6 Å². The summed E-state index contributed by atoms with van der Waals surface area (Å²) in [5.41, 5.74) is 1.74. The van der Waals surface area contributed by atoms with Gasteiger partial charge >= 0.3 is 5.97 Å². The van der Waals surface area contributed by atoms with Crippen molar-refractivity contribution in [2.24, 2.45) is 11.8 Å². The maximum absolute atomic E-state index is 13.0. The van der Waals surface area contributed by atoms with E-state index in [0.29, 0.717) is 30.8 Å². The highest BCUT2D eigenvalue weighted by molar-refractivity contribution is 6.30. The molecule has 3 atom stereocenters. The molecule has 0 saturated carbocycles. The monoisotopic (exact) mass is 482 g/mol. The summed E-state index contributed by atoms with van der Waals surface area (Å²) in [5, 5.41) is 6.40. The Morgan fingerprint density at radius 2 is 1.76 bits per heavy atom. The molecule has 2 amide bonds. The highest BCUT2D eigenvalue weighted by Crippen LogP contribution is 2.21. The number of nitrogens with one attached hydrogen (secondary N) is 2. The minimum absolute atomic E-state index is 0.0646. The Kier molecular flexibility index (Phi) is 9.71. The van der Waals surface area contributed by atoms with Crippen LogP contribution in [0.4, 0.5) is 0 Å². The van der Waals surface area contributed by atoms with Crippen molar-refractivity contribution in [3.8, 4) is 0 Å². The standard InChI is InChI=1S/C27H31ClN2O4/c1-19-7-5-6-10-22(16-25(31)29-17-20-11-13-23(28)14-12-20)27(33)30-18-24(34-26(32)15-19)21-8-3-2-4-9-21/h2-6,8-9,11-14,19,22,24H,7,10,15-18H2,1H3,(H,29,31)(H,30,33)/b6-5+/t19?,22-,24+/m0/s1. The second-order valence-electron chi connectivity index (χ2n) is 8.69. The first-order chi connectivity index (χ1) is 16.4. The van der Waals surface area contributed by atoms with Gasteiger partial charge in [-0.3, -0.25) is 14.4 Å². The van der Waals surface area contributed by atoms with E-state index in [1.165, 1.54) is 0 Å². The summed E-state index contributed by atoms with van der Waals surface area (Å²) < 4.78 is 5.71. The maximum atomic E-state index is 13.0. The van der Waals surface area contributed by atoms with Gasteiger partial charge in [0.25, 0.3) is 0 Å². The van der Waals surface area contributed by atoms with Gasteiger partial charge in [0.1, 0.15) is 6.10 Å². The number of hydrogen-bond acceptors (Lipinski definition) is 4. The lowest BCUT2D eigenvalue weighted by atomic mass is 9.97. The van der Waals surface area contributed by atoms with Crippen LogP contribution in [0.5, 0.6) is 0 Å². The fourth-order valence-electron chi connectivity index (χ4n) is 3.78. The lowest BCUT2D eigenvalue weighted by Crippen LogP contribution is -2.37. The number of halogens is 1. The van der Waals surface area contributed by atoms with E-state index in [2.05, 4.69) is 10.6 Å². The highest BCUT2D eigenvalue weighted by atomic mass is 35.5. The van der Waals surface area contributed by atoms with Crippen molar-refractivity contribution in [2.75, 3.05) is 6.54 Å². The molecule has 7 heteroatoms. The lowest BCUT2D eigenvalue weighted by Gasteiger charge is -2.21. The molecular weight excluding hydrogens is 452 g/mol. The lowest BCUT2D eigenvalue weighted by molar-refractivity contribution is -0.151. The molecule has 0 fully saturated rings. The first-order valence-electron chi connectivity index (χ1n) is 11.6. The van der Waals surface area contributed by atoms with Crippen molar-refractivity contribution in [1.29, 1.82) is 0 Å². The zero-order valence-electron chi connectivity index (χ0n) is 19.3. The van der Waals surface area contributed by atoms with Crippen LogP contribution in [0.2, 0.25) is 5.02 Å². The molecule has 6 nitrogen and oxygen atoms in total. The largest absolute Gasteiger partial charge is 0.456 e. The Hall–Kier alpha value is -3.12. The Morgan fingerprint density at radius 3 is 2.50 bits per heavy atom. The van der Waals surface area contributed by atoms with Crippen molar-refractivity contribution >= 4 is 29.4 Å². The molecule has 2 aromatic rings. The van der Waals surface area contributed by atoms with Crippen LogP contribution in [-0.4, -0.2) is 24.3 Å². The van der Waals surface area contributed by atoms with Crippen molar-refractivity contribution in [1.82, 2.24) is 10.6 Å². The molecule has 180 valence electrons. The molecule has 0 saturated heterocycles. The Balaban J connectivity index is 1.67. The number of carbonyl (C=O) groups is 3. The van der Waals surface area contributed by atoms with Gasteiger partial charge in [-0.25, -0.2) is 0 Å². The van der Waals surface area contributed by atoms with Crippen molar-refractivity contribution < 1.29 is 19.1 Å². The molecule has 2 aromatic carbocycles. The van der Waals surface area contributed by atoms with Crippen molar-refractivity contribution in [3.63, 3.8) is 0 Å². The number of rotatable bonds is 5. The van der Waals surface area contributed by atoms with Gasteiger partial charge < -0.3 is 15.4 Å². The summed E-state index contributed by atoms with van der Waals surface area (Å²) >= 11 is 5.91. The Labute approximate surface area is 205 Å². The van der Waals surface area contributed by atoms with E-state index in [-0.39, 0.29) is 36.7 Å². The molecule has 1 aliphatic heterocycles. The van der Waals surface area contributed by atoms with Crippen molar-refractivity contribution in [2.45, 2.75) is 45.3 Å². The summed E-state index contributed by atoms with van der Waals surface area (Å²) in [6.45, 7) is 2.51. The Bertz CT molecular complexity index is 991. The van der Waals surface area contributed by atoms with Gasteiger partial charge in [0.15, 0.2) is 0 Å². The van der Waals surface area contributed by atoms with Gasteiger partial charge in [-0.1, -0.05) is 73.1 Å². The molecule has 1 aliphatic rings. The van der Waals surface area contributed by atoms with E-state index < -0.39 is 12.0 Å². The number of cyclic esters (lactones) is 1. The molecule has 0 spiro atoms.